The number of anilines is 1. The lowest BCUT2D eigenvalue weighted by Gasteiger charge is -2.18. The molecule has 2 aromatic carbocycles. The van der Waals surface area contributed by atoms with E-state index in [9.17, 15) is 14.7 Å². The van der Waals surface area contributed by atoms with Crippen LogP contribution in [0.15, 0.2) is 60.7 Å². The molecule has 34 heavy (non-hydrogen) atoms. The van der Waals surface area contributed by atoms with Gasteiger partial charge in [-0.1, -0.05) is 35.9 Å². The number of halogens is 1. The number of carbonyl (C=O) groups is 2. The summed E-state index contributed by atoms with van der Waals surface area (Å²) < 4.78 is 11.4. The van der Waals surface area contributed by atoms with Crippen LogP contribution < -0.4 is 20.1 Å². The molecule has 1 aliphatic heterocycles. The molecule has 0 spiro atoms. The monoisotopic (exact) mass is 481 g/mol. The van der Waals surface area contributed by atoms with Crippen LogP contribution in [-0.4, -0.2) is 47.8 Å². The number of carbonyl (C=O) groups excluding carboxylic acids is 1. The van der Waals surface area contributed by atoms with Gasteiger partial charge in [0.2, 0.25) is 5.88 Å². The summed E-state index contributed by atoms with van der Waals surface area (Å²) in [5.74, 6) is -0.387. The topological polar surface area (TPSA) is 110 Å². The Balaban J connectivity index is 1.30. The molecule has 9 heteroatoms. The lowest BCUT2D eigenvalue weighted by molar-refractivity contribution is -0.139. The van der Waals surface area contributed by atoms with Crippen molar-refractivity contribution >= 4 is 29.2 Å². The Morgan fingerprint density at radius 1 is 1.15 bits per heavy atom. The number of rotatable bonds is 9. The van der Waals surface area contributed by atoms with Crippen LogP contribution >= 0.6 is 11.6 Å². The third-order valence-electron chi connectivity index (χ3n) is 5.29. The van der Waals surface area contributed by atoms with Gasteiger partial charge in [-0.3, -0.25) is 4.79 Å². The smallest absolute Gasteiger partial charge is 0.326 e. The van der Waals surface area contributed by atoms with Crippen LogP contribution in [0.4, 0.5) is 5.69 Å². The molecule has 1 atom stereocenters. The molecule has 0 radical (unpaired) electrons. The lowest BCUT2D eigenvalue weighted by Crippen LogP contribution is -2.42. The highest BCUT2D eigenvalue weighted by atomic mass is 35.5. The van der Waals surface area contributed by atoms with E-state index < -0.39 is 17.9 Å². The van der Waals surface area contributed by atoms with Gasteiger partial charge in [0.25, 0.3) is 5.91 Å². The minimum atomic E-state index is -1.13. The predicted octanol–water partition coefficient (Wildman–Crippen LogP) is 3.59. The fourth-order valence-corrected chi connectivity index (χ4v) is 3.73. The zero-order valence-corrected chi connectivity index (χ0v) is 19.0. The Morgan fingerprint density at radius 2 is 1.94 bits per heavy atom. The Bertz CT molecular complexity index is 1170. The molecule has 1 aliphatic rings. The second-order valence-corrected chi connectivity index (χ2v) is 8.13. The first-order chi connectivity index (χ1) is 16.5. The van der Waals surface area contributed by atoms with Crippen LogP contribution in [0.2, 0.25) is 5.02 Å². The molecule has 0 saturated carbocycles. The third kappa shape index (κ3) is 5.96. The number of ether oxygens (including phenoxy) is 2. The number of carboxylic acid groups (broad SMARTS) is 1. The number of nitrogens with one attached hydrogen (secondary N) is 2. The van der Waals surface area contributed by atoms with Crippen LogP contribution in [0.3, 0.4) is 0 Å². The van der Waals surface area contributed by atoms with Crippen molar-refractivity contribution in [1.82, 2.24) is 10.3 Å². The van der Waals surface area contributed by atoms with E-state index in [2.05, 4.69) is 15.6 Å². The Hall–Kier alpha value is -3.78. The summed E-state index contributed by atoms with van der Waals surface area (Å²) in [4.78, 5) is 28.6. The summed E-state index contributed by atoms with van der Waals surface area (Å²) in [5.41, 5.74) is 2.75. The zero-order valence-electron chi connectivity index (χ0n) is 18.3. The van der Waals surface area contributed by atoms with Gasteiger partial charge >= 0.3 is 5.97 Å². The molecule has 0 saturated heterocycles. The van der Waals surface area contributed by atoms with Crippen LogP contribution in [0.25, 0.3) is 0 Å². The van der Waals surface area contributed by atoms with Crippen molar-refractivity contribution < 1.29 is 24.2 Å². The summed E-state index contributed by atoms with van der Waals surface area (Å²) in [6.45, 7) is 1.80. The third-order valence-corrected chi connectivity index (χ3v) is 5.62. The SMILES string of the molecule is O=C(N[C@@H](Cc1ccc(OCCc2ccc3c(n2)OCCN3)cc1)C(=O)O)c1ccccc1Cl. The number of amides is 1. The minimum absolute atomic E-state index is 0.124. The molecule has 176 valence electrons. The van der Waals surface area contributed by atoms with Gasteiger partial charge in [-0.05, 0) is 42.0 Å². The van der Waals surface area contributed by atoms with E-state index in [0.29, 0.717) is 31.3 Å². The zero-order chi connectivity index (χ0) is 23.9. The van der Waals surface area contributed by atoms with Gasteiger partial charge < -0.3 is 25.2 Å². The number of carboxylic acids is 1. The van der Waals surface area contributed by atoms with Gasteiger partial charge in [0, 0.05) is 25.1 Å². The number of aliphatic carboxylic acids is 1. The van der Waals surface area contributed by atoms with Crippen molar-refractivity contribution in [2.45, 2.75) is 18.9 Å². The highest BCUT2D eigenvalue weighted by Crippen LogP contribution is 2.25. The standard InChI is InChI=1S/C25H24ClN3O5/c26-20-4-2-1-3-19(20)23(30)29-22(25(31)32)15-16-5-8-18(9-6-16)33-13-11-17-7-10-21-24(28-17)34-14-12-27-21/h1-10,22,27H,11-15H2,(H,29,30)(H,31,32)/t22-/m0/s1. The number of hydrogen-bond acceptors (Lipinski definition) is 6. The number of benzene rings is 2. The van der Waals surface area contributed by atoms with Gasteiger partial charge in [-0.2, -0.15) is 0 Å². The van der Waals surface area contributed by atoms with E-state index in [1.54, 1.807) is 48.5 Å². The molecule has 1 amide bonds. The van der Waals surface area contributed by atoms with Crippen LogP contribution in [0.1, 0.15) is 21.6 Å². The second kappa shape index (κ2) is 10.9. The van der Waals surface area contributed by atoms with Gasteiger partial charge in [-0.15, -0.1) is 0 Å². The predicted molar refractivity (Wildman–Crippen MR) is 128 cm³/mol. The van der Waals surface area contributed by atoms with Crippen molar-refractivity contribution in [3.05, 3.63) is 82.5 Å². The summed E-state index contributed by atoms with van der Waals surface area (Å²) >= 11 is 6.04. The van der Waals surface area contributed by atoms with E-state index in [4.69, 9.17) is 21.1 Å². The molecule has 2 heterocycles. The minimum Gasteiger partial charge on any atom is -0.493 e. The van der Waals surface area contributed by atoms with Crippen LogP contribution in [0, 0.1) is 0 Å². The lowest BCUT2D eigenvalue weighted by atomic mass is 10.1. The fourth-order valence-electron chi connectivity index (χ4n) is 3.51. The molecule has 3 aromatic rings. The van der Waals surface area contributed by atoms with Crippen molar-refractivity contribution in [2.75, 3.05) is 25.1 Å². The van der Waals surface area contributed by atoms with E-state index in [0.717, 1.165) is 23.5 Å². The molecule has 0 fully saturated rings. The highest BCUT2D eigenvalue weighted by Gasteiger charge is 2.22. The van der Waals surface area contributed by atoms with E-state index in [1.165, 1.54) is 0 Å². The number of pyridine rings is 1. The van der Waals surface area contributed by atoms with Crippen molar-refractivity contribution in [1.29, 1.82) is 0 Å². The molecule has 0 bridgehead atoms. The molecule has 4 rings (SSSR count). The van der Waals surface area contributed by atoms with Crippen molar-refractivity contribution in [3.63, 3.8) is 0 Å². The number of aromatic nitrogens is 1. The second-order valence-electron chi connectivity index (χ2n) is 7.72. The summed E-state index contributed by atoms with van der Waals surface area (Å²) in [6, 6.07) is 16.4. The summed E-state index contributed by atoms with van der Waals surface area (Å²) in [7, 11) is 0. The molecular formula is C25H24ClN3O5. The van der Waals surface area contributed by atoms with Gasteiger partial charge in [-0.25, -0.2) is 9.78 Å². The number of nitrogens with zero attached hydrogens (tertiary/aromatic N) is 1. The van der Waals surface area contributed by atoms with Gasteiger partial charge in [0.05, 0.1) is 22.9 Å². The highest BCUT2D eigenvalue weighted by molar-refractivity contribution is 6.33. The van der Waals surface area contributed by atoms with Gasteiger partial charge in [0.15, 0.2) is 0 Å². The van der Waals surface area contributed by atoms with Crippen molar-refractivity contribution in [3.8, 4) is 11.6 Å². The maximum absolute atomic E-state index is 12.4. The van der Waals surface area contributed by atoms with Crippen LogP contribution in [-0.2, 0) is 17.6 Å². The molecular weight excluding hydrogens is 458 g/mol. The first-order valence-corrected chi connectivity index (χ1v) is 11.2. The van der Waals surface area contributed by atoms with E-state index in [-0.39, 0.29) is 17.0 Å². The molecule has 1 aromatic heterocycles. The Morgan fingerprint density at radius 3 is 2.71 bits per heavy atom. The van der Waals surface area contributed by atoms with Gasteiger partial charge in [0.1, 0.15) is 18.4 Å². The fraction of sp³-hybridized carbons (Fsp3) is 0.240. The maximum Gasteiger partial charge on any atom is 0.326 e. The molecule has 3 N–H and O–H groups in total. The summed E-state index contributed by atoms with van der Waals surface area (Å²) in [5, 5.41) is 15.6. The Labute approximate surface area is 201 Å². The first kappa shape index (κ1) is 23.4. The first-order valence-electron chi connectivity index (χ1n) is 10.9. The molecule has 0 aliphatic carbocycles. The average Bonchev–Trinajstić information content (AvgIpc) is 2.84. The quantitative estimate of drug-likeness (QED) is 0.428. The average molecular weight is 482 g/mol. The number of hydrogen-bond donors (Lipinski definition) is 3. The normalized spacial score (nSPS) is 13.1. The van der Waals surface area contributed by atoms with E-state index >= 15 is 0 Å². The van der Waals surface area contributed by atoms with Crippen LogP contribution in [0.5, 0.6) is 11.6 Å². The molecule has 8 nitrogen and oxygen atoms in total. The number of fused-ring (bicyclic) bond motifs is 1. The summed E-state index contributed by atoms with van der Waals surface area (Å²) in [6.07, 6.45) is 0.743. The molecule has 0 unspecified atom stereocenters. The maximum atomic E-state index is 12.4. The largest absolute Gasteiger partial charge is 0.493 e. The van der Waals surface area contributed by atoms with E-state index in [1.807, 2.05) is 12.1 Å². The Kier molecular flexibility index (Phi) is 7.49. The van der Waals surface area contributed by atoms with Crippen molar-refractivity contribution in [2.24, 2.45) is 0 Å².